The first-order valence-electron chi connectivity index (χ1n) is 28.8. The van der Waals surface area contributed by atoms with Gasteiger partial charge in [-0.2, -0.15) is 0 Å². The Balaban J connectivity index is 1.84. The van der Waals surface area contributed by atoms with Crippen LogP contribution in [0.2, 0.25) is 0 Å². The van der Waals surface area contributed by atoms with E-state index < -0.39 is 0 Å². The Hall–Kier alpha value is -5.75. The molecule has 6 nitrogen and oxygen atoms in total. The second kappa shape index (κ2) is 48.2. The predicted octanol–water partition coefficient (Wildman–Crippen LogP) is 20.3. The Morgan fingerprint density at radius 2 is 0.595 bits per heavy atom. The topological polar surface area (TPSA) is 78.9 Å². The highest BCUT2D eigenvalue weighted by molar-refractivity contribution is 5.77. The van der Waals surface area contributed by atoms with Crippen molar-refractivity contribution in [2.24, 2.45) is 0 Å². The molecule has 2 aromatic carbocycles. The Labute approximate surface area is 450 Å². The van der Waals surface area contributed by atoms with Crippen LogP contribution < -0.4 is 14.2 Å². The van der Waals surface area contributed by atoms with Crippen molar-refractivity contribution in [1.29, 1.82) is 0 Å². The fraction of sp³-hybridized carbons (Fsp3) is 0.485. The Morgan fingerprint density at radius 3 is 0.946 bits per heavy atom. The molecule has 0 unspecified atom stereocenters. The first-order valence-corrected chi connectivity index (χ1v) is 28.8. The molecule has 0 aliphatic carbocycles. The zero-order valence-electron chi connectivity index (χ0n) is 46.3. The SMILES string of the molecule is CC/C=C\C/C=C\C/C=C\CCCCCCCC(=O)Oc1ccc(C=Cc2cc(OC(=O)CCCCCCC/C=C\C/C=C\C/C=C\CC)cc(OC(=O)CCCCCCC/C=C\C/C=C\C/C=C\CC)c2)cc1. The third kappa shape index (κ3) is 39.7. The van der Waals surface area contributed by atoms with Gasteiger partial charge in [0.05, 0.1) is 0 Å². The number of rotatable bonds is 44. The van der Waals surface area contributed by atoms with Gasteiger partial charge in [-0.15, -0.1) is 0 Å². The van der Waals surface area contributed by atoms with Gasteiger partial charge >= 0.3 is 17.9 Å². The highest BCUT2D eigenvalue weighted by Crippen LogP contribution is 2.27. The van der Waals surface area contributed by atoms with Crippen molar-refractivity contribution in [3.63, 3.8) is 0 Å². The van der Waals surface area contributed by atoms with Gasteiger partial charge < -0.3 is 14.2 Å². The fourth-order valence-corrected chi connectivity index (χ4v) is 7.86. The molecular weight excluding hydrogens is 913 g/mol. The van der Waals surface area contributed by atoms with E-state index in [1.165, 1.54) is 12.8 Å². The molecule has 0 amide bonds. The van der Waals surface area contributed by atoms with Crippen LogP contribution in [-0.2, 0) is 14.4 Å². The molecular formula is C68H96O6. The molecule has 0 radical (unpaired) electrons. The maximum atomic E-state index is 13.0. The summed E-state index contributed by atoms with van der Waals surface area (Å²) < 4.78 is 17.3. The van der Waals surface area contributed by atoms with Gasteiger partial charge in [0, 0.05) is 25.3 Å². The van der Waals surface area contributed by atoms with E-state index in [0.29, 0.717) is 36.5 Å². The molecule has 2 rings (SSSR count). The highest BCUT2D eigenvalue weighted by Gasteiger charge is 2.12. The van der Waals surface area contributed by atoms with E-state index in [1.807, 2.05) is 24.3 Å². The summed E-state index contributed by atoms with van der Waals surface area (Å²) in [6.45, 7) is 6.45. The largest absolute Gasteiger partial charge is 0.427 e. The quantitative estimate of drug-likeness (QED) is 0.0216. The van der Waals surface area contributed by atoms with Crippen molar-refractivity contribution in [1.82, 2.24) is 0 Å². The van der Waals surface area contributed by atoms with E-state index in [-0.39, 0.29) is 17.9 Å². The first-order chi connectivity index (χ1) is 36.4. The van der Waals surface area contributed by atoms with Crippen LogP contribution in [0.5, 0.6) is 17.2 Å². The summed E-state index contributed by atoms with van der Waals surface area (Å²) in [7, 11) is 0. The van der Waals surface area contributed by atoms with Gasteiger partial charge in [0.25, 0.3) is 0 Å². The summed E-state index contributed by atoms with van der Waals surface area (Å²) in [4.78, 5) is 38.6. The van der Waals surface area contributed by atoms with Crippen LogP contribution in [0.15, 0.2) is 152 Å². The lowest BCUT2D eigenvalue weighted by atomic mass is 10.1. The minimum Gasteiger partial charge on any atom is -0.427 e. The average Bonchev–Trinajstić information content (AvgIpc) is 3.39. The number of ether oxygens (including phenoxy) is 3. The van der Waals surface area contributed by atoms with Crippen LogP contribution >= 0.6 is 0 Å². The van der Waals surface area contributed by atoms with Crippen LogP contribution in [0.1, 0.15) is 225 Å². The maximum absolute atomic E-state index is 13.0. The van der Waals surface area contributed by atoms with E-state index in [0.717, 1.165) is 172 Å². The lowest BCUT2D eigenvalue weighted by molar-refractivity contribution is -0.135. The molecule has 0 N–H and O–H groups in total. The summed E-state index contributed by atoms with van der Waals surface area (Å²) in [6, 6.07) is 12.6. The van der Waals surface area contributed by atoms with Crippen LogP contribution in [0.4, 0.5) is 0 Å². The number of esters is 3. The van der Waals surface area contributed by atoms with Crippen molar-refractivity contribution in [3.8, 4) is 17.2 Å². The van der Waals surface area contributed by atoms with Gasteiger partial charge in [0.2, 0.25) is 0 Å². The third-order valence-electron chi connectivity index (χ3n) is 12.0. The van der Waals surface area contributed by atoms with Gasteiger partial charge in [-0.1, -0.05) is 212 Å². The van der Waals surface area contributed by atoms with Gasteiger partial charge in [0.15, 0.2) is 0 Å². The molecule has 404 valence electrons. The molecule has 0 aliphatic heterocycles. The molecule has 0 saturated carbocycles. The van der Waals surface area contributed by atoms with E-state index in [1.54, 1.807) is 30.3 Å². The number of allylic oxidation sites excluding steroid dienone is 18. The summed E-state index contributed by atoms with van der Waals surface area (Å²) in [5, 5.41) is 0. The monoisotopic (exact) mass is 1010 g/mol. The zero-order chi connectivity index (χ0) is 53.0. The third-order valence-corrected chi connectivity index (χ3v) is 12.0. The lowest BCUT2D eigenvalue weighted by Gasteiger charge is -2.10. The van der Waals surface area contributed by atoms with Crippen molar-refractivity contribution < 1.29 is 28.6 Å². The molecule has 74 heavy (non-hydrogen) atoms. The maximum Gasteiger partial charge on any atom is 0.311 e. The Morgan fingerprint density at radius 1 is 0.311 bits per heavy atom. The summed E-state index contributed by atoms with van der Waals surface area (Å²) in [5.74, 6) is 0.388. The highest BCUT2D eigenvalue weighted by atomic mass is 16.5. The van der Waals surface area contributed by atoms with E-state index in [4.69, 9.17) is 14.2 Å². The molecule has 0 heterocycles. The molecule has 2 aromatic rings. The molecule has 0 aliphatic rings. The second-order valence-corrected chi connectivity index (χ2v) is 18.9. The number of hydrogen-bond donors (Lipinski definition) is 0. The van der Waals surface area contributed by atoms with Gasteiger partial charge in [-0.3, -0.25) is 14.4 Å². The lowest BCUT2D eigenvalue weighted by Crippen LogP contribution is -2.10. The van der Waals surface area contributed by atoms with Crippen LogP contribution in [0.3, 0.4) is 0 Å². The standard InChI is InChI=1S/C68H96O6/c1-4-7-10-13-16-19-22-25-28-31-34-37-40-43-46-49-66(69)72-63-56-54-61(55-57-63)52-53-62-58-64(73-67(70)50-47-44-41-38-35-32-29-26-23-20-17-14-11-8-5-2)60-65(59-62)74-68(71)51-48-45-42-39-36-33-30-27-24-21-18-15-12-9-6-3/h7-12,16-21,25-30,52-60H,4-6,13-15,22-24,31-51H2,1-3H3/b10-7-,11-8-,12-9-,19-16-,20-17-,21-18-,28-25-,29-26-,30-27-,53-52?. The number of hydrogen-bond acceptors (Lipinski definition) is 6. The minimum atomic E-state index is -0.300. The Bertz CT molecular complexity index is 1970. The van der Waals surface area contributed by atoms with E-state index in [9.17, 15) is 14.4 Å². The molecule has 0 fully saturated rings. The molecule has 0 bridgehead atoms. The number of unbranched alkanes of at least 4 members (excludes halogenated alkanes) is 15. The predicted molar refractivity (Wildman–Crippen MR) is 317 cm³/mol. The van der Waals surface area contributed by atoms with Gasteiger partial charge in [-0.05, 0) is 151 Å². The average molecular weight is 1010 g/mol. The molecule has 0 saturated heterocycles. The second-order valence-electron chi connectivity index (χ2n) is 18.9. The Kier molecular flexibility index (Phi) is 41.9. The zero-order valence-corrected chi connectivity index (χ0v) is 46.3. The number of carbonyl (C=O) groups excluding carboxylic acids is 3. The van der Waals surface area contributed by atoms with Crippen molar-refractivity contribution in [2.75, 3.05) is 0 Å². The minimum absolute atomic E-state index is 0.217. The van der Waals surface area contributed by atoms with Crippen molar-refractivity contribution in [2.45, 2.75) is 213 Å². The summed E-state index contributed by atoms with van der Waals surface area (Å²) in [5.41, 5.74) is 1.63. The fourth-order valence-electron chi connectivity index (χ4n) is 7.86. The smallest absolute Gasteiger partial charge is 0.311 e. The van der Waals surface area contributed by atoms with Crippen LogP contribution in [-0.4, -0.2) is 17.9 Å². The molecule has 6 heteroatoms. The van der Waals surface area contributed by atoms with Crippen LogP contribution in [0, 0.1) is 0 Å². The van der Waals surface area contributed by atoms with E-state index >= 15 is 0 Å². The molecule has 0 spiro atoms. The van der Waals surface area contributed by atoms with E-state index in [2.05, 4.69) is 130 Å². The van der Waals surface area contributed by atoms with Gasteiger partial charge in [0.1, 0.15) is 17.2 Å². The number of benzene rings is 2. The summed E-state index contributed by atoms with van der Waals surface area (Å²) >= 11 is 0. The van der Waals surface area contributed by atoms with Crippen molar-refractivity contribution >= 4 is 30.1 Å². The number of carbonyl (C=O) groups is 3. The molecule has 0 aromatic heterocycles. The van der Waals surface area contributed by atoms with Crippen molar-refractivity contribution in [3.05, 3.63) is 163 Å². The van der Waals surface area contributed by atoms with Gasteiger partial charge in [-0.25, -0.2) is 0 Å². The molecule has 0 atom stereocenters. The summed E-state index contributed by atoms with van der Waals surface area (Å²) in [6.07, 6.45) is 72.9. The van der Waals surface area contributed by atoms with Crippen LogP contribution in [0.25, 0.3) is 12.2 Å². The normalized spacial score (nSPS) is 12.4. The first kappa shape index (κ1) is 64.4.